The third kappa shape index (κ3) is 5.64. The summed E-state index contributed by atoms with van der Waals surface area (Å²) in [5.74, 6) is 1.25. The number of hydrogen-bond acceptors (Lipinski definition) is 4. The normalized spacial score (nSPS) is 11.1. The van der Waals surface area contributed by atoms with Crippen molar-refractivity contribution in [1.82, 2.24) is 10.3 Å². The highest BCUT2D eigenvalue weighted by atomic mass is 16.5. The van der Waals surface area contributed by atoms with Crippen molar-refractivity contribution >= 4 is 5.91 Å². The van der Waals surface area contributed by atoms with Gasteiger partial charge < -0.3 is 14.8 Å². The van der Waals surface area contributed by atoms with E-state index in [0.717, 1.165) is 23.1 Å². The first kappa shape index (κ1) is 18.5. The van der Waals surface area contributed by atoms with Gasteiger partial charge in [0, 0.05) is 24.5 Å². The summed E-state index contributed by atoms with van der Waals surface area (Å²) < 4.78 is 11.2. The minimum absolute atomic E-state index is 0.0566. The summed E-state index contributed by atoms with van der Waals surface area (Å²) in [5.41, 5.74) is 2.71. The van der Waals surface area contributed by atoms with Crippen LogP contribution < -0.4 is 14.8 Å². The van der Waals surface area contributed by atoms with Crippen molar-refractivity contribution in [2.24, 2.45) is 0 Å². The van der Waals surface area contributed by atoms with Crippen LogP contribution in [-0.2, 0) is 17.9 Å². The number of nitrogens with zero attached hydrogens (tertiary/aromatic N) is 1. The van der Waals surface area contributed by atoms with Gasteiger partial charge in [-0.25, -0.2) is 0 Å². The van der Waals surface area contributed by atoms with E-state index in [9.17, 15) is 4.79 Å². The van der Waals surface area contributed by atoms with Crippen molar-refractivity contribution in [3.05, 3.63) is 65.5 Å². The number of methoxy groups -OCH3 is 1. The van der Waals surface area contributed by atoms with E-state index in [2.05, 4.69) is 10.3 Å². The van der Waals surface area contributed by atoms with Crippen LogP contribution >= 0.6 is 0 Å². The summed E-state index contributed by atoms with van der Waals surface area (Å²) in [6, 6.07) is 9.46. The second-order valence-corrected chi connectivity index (χ2v) is 5.61. The fourth-order valence-corrected chi connectivity index (χ4v) is 2.30. The summed E-state index contributed by atoms with van der Waals surface area (Å²) in [5, 5.41) is 2.90. The maximum Gasteiger partial charge on any atom is 0.246 e. The van der Waals surface area contributed by atoms with Crippen molar-refractivity contribution in [3.8, 4) is 11.5 Å². The van der Waals surface area contributed by atoms with Crippen LogP contribution in [0.15, 0.2) is 54.4 Å². The molecule has 5 nitrogen and oxygen atoms in total. The number of nitrogens with one attached hydrogen (secondary N) is 1. The molecule has 132 valence electrons. The summed E-state index contributed by atoms with van der Waals surface area (Å²) >= 11 is 0. The van der Waals surface area contributed by atoms with Crippen LogP contribution in [0.5, 0.6) is 11.5 Å². The summed E-state index contributed by atoms with van der Waals surface area (Å²) in [6.07, 6.45) is 6.22. The summed E-state index contributed by atoms with van der Waals surface area (Å²) in [7, 11) is 1.60. The van der Waals surface area contributed by atoms with Gasteiger partial charge in [-0.1, -0.05) is 19.1 Å². The Bertz CT molecular complexity index is 727. The number of ether oxygens (including phenoxy) is 2. The van der Waals surface area contributed by atoms with Gasteiger partial charge in [0.15, 0.2) is 11.5 Å². The second-order valence-electron chi connectivity index (χ2n) is 5.61. The Balaban J connectivity index is 1.98. The molecule has 0 fully saturated rings. The molecule has 0 spiro atoms. The molecule has 0 unspecified atom stereocenters. The van der Waals surface area contributed by atoms with E-state index in [-0.39, 0.29) is 5.91 Å². The number of carbonyl (C=O) groups excluding carboxylic acids is 1. The molecule has 0 atom stereocenters. The largest absolute Gasteiger partial charge is 0.493 e. The quantitative estimate of drug-likeness (QED) is 0.745. The van der Waals surface area contributed by atoms with Gasteiger partial charge in [-0.05, 0) is 48.7 Å². The zero-order chi connectivity index (χ0) is 18.1. The van der Waals surface area contributed by atoms with Crippen molar-refractivity contribution in [1.29, 1.82) is 0 Å². The molecule has 1 amide bonds. The molecule has 1 aromatic heterocycles. The van der Waals surface area contributed by atoms with Gasteiger partial charge in [0.05, 0.1) is 7.11 Å². The van der Waals surface area contributed by atoms with E-state index in [4.69, 9.17) is 9.47 Å². The molecule has 0 saturated heterocycles. The first-order valence-corrected chi connectivity index (χ1v) is 8.27. The molecule has 2 aromatic rings. The van der Waals surface area contributed by atoms with Crippen molar-refractivity contribution in [3.63, 3.8) is 0 Å². The van der Waals surface area contributed by atoms with Gasteiger partial charge in [0.25, 0.3) is 0 Å². The van der Waals surface area contributed by atoms with E-state index in [0.29, 0.717) is 24.7 Å². The molecule has 1 aromatic carbocycles. The summed E-state index contributed by atoms with van der Waals surface area (Å²) in [6.45, 7) is 4.70. The first-order chi connectivity index (χ1) is 12.1. The Kier molecular flexibility index (Phi) is 7.01. The minimum atomic E-state index is -0.0566. The van der Waals surface area contributed by atoms with Crippen LogP contribution in [0.25, 0.3) is 0 Å². The van der Waals surface area contributed by atoms with Crippen molar-refractivity contribution in [2.45, 2.75) is 33.4 Å². The standard InChI is InChI=1S/C20H24N2O3/c1-4-5-15(2)20(23)22-13-17-6-7-18(19(12-17)24-3)25-14-16-8-10-21-11-9-16/h5-12H,4,13-14H2,1-3H3,(H,22,23)/b15-5+. The molecule has 0 radical (unpaired) electrons. The van der Waals surface area contributed by atoms with Crippen LogP contribution in [0.3, 0.4) is 0 Å². The van der Waals surface area contributed by atoms with Crippen LogP contribution in [0, 0.1) is 0 Å². The Morgan fingerprint density at radius 3 is 2.60 bits per heavy atom. The predicted molar refractivity (Wildman–Crippen MR) is 97.5 cm³/mol. The lowest BCUT2D eigenvalue weighted by molar-refractivity contribution is -0.117. The molecule has 0 aliphatic heterocycles. The monoisotopic (exact) mass is 340 g/mol. The van der Waals surface area contributed by atoms with E-state index in [1.165, 1.54) is 0 Å². The lowest BCUT2D eigenvalue weighted by atomic mass is 10.2. The van der Waals surface area contributed by atoms with Crippen molar-refractivity contribution < 1.29 is 14.3 Å². The average molecular weight is 340 g/mol. The summed E-state index contributed by atoms with van der Waals surface area (Å²) in [4.78, 5) is 15.9. The van der Waals surface area contributed by atoms with Gasteiger partial charge in [0.1, 0.15) is 6.61 Å². The maximum atomic E-state index is 11.9. The van der Waals surface area contributed by atoms with Gasteiger partial charge in [0.2, 0.25) is 5.91 Å². The number of carbonyl (C=O) groups is 1. The molecule has 0 aliphatic rings. The van der Waals surface area contributed by atoms with Gasteiger partial charge in [-0.2, -0.15) is 0 Å². The number of rotatable bonds is 8. The van der Waals surface area contributed by atoms with Crippen LogP contribution in [0.1, 0.15) is 31.4 Å². The van der Waals surface area contributed by atoms with Crippen LogP contribution in [-0.4, -0.2) is 18.0 Å². The number of aromatic nitrogens is 1. The first-order valence-electron chi connectivity index (χ1n) is 8.27. The SMILES string of the molecule is CC/C=C(\C)C(=O)NCc1ccc(OCc2ccncc2)c(OC)c1. The molecule has 1 N–H and O–H groups in total. The maximum absolute atomic E-state index is 11.9. The second kappa shape index (κ2) is 9.47. The average Bonchev–Trinajstić information content (AvgIpc) is 2.65. The predicted octanol–water partition coefficient (Wildman–Crippen LogP) is 3.64. The fourth-order valence-electron chi connectivity index (χ4n) is 2.30. The van der Waals surface area contributed by atoms with Crippen LogP contribution in [0.2, 0.25) is 0 Å². The highest BCUT2D eigenvalue weighted by Crippen LogP contribution is 2.28. The lowest BCUT2D eigenvalue weighted by Crippen LogP contribution is -2.23. The topological polar surface area (TPSA) is 60.5 Å². The number of hydrogen-bond donors (Lipinski definition) is 1. The zero-order valence-corrected chi connectivity index (χ0v) is 14.9. The third-order valence-electron chi connectivity index (χ3n) is 3.69. The van der Waals surface area contributed by atoms with E-state index < -0.39 is 0 Å². The van der Waals surface area contributed by atoms with Gasteiger partial charge >= 0.3 is 0 Å². The lowest BCUT2D eigenvalue weighted by Gasteiger charge is -2.13. The number of amides is 1. The number of pyridine rings is 1. The highest BCUT2D eigenvalue weighted by molar-refractivity contribution is 5.92. The molecular weight excluding hydrogens is 316 g/mol. The molecule has 0 saturated carbocycles. The van der Waals surface area contributed by atoms with E-state index in [1.807, 2.05) is 50.3 Å². The van der Waals surface area contributed by atoms with Crippen LogP contribution in [0.4, 0.5) is 0 Å². The smallest absolute Gasteiger partial charge is 0.246 e. The Hall–Kier alpha value is -2.82. The zero-order valence-electron chi connectivity index (χ0n) is 14.9. The van der Waals surface area contributed by atoms with Gasteiger partial charge in [-0.15, -0.1) is 0 Å². The minimum Gasteiger partial charge on any atom is -0.493 e. The molecule has 0 aliphatic carbocycles. The molecule has 25 heavy (non-hydrogen) atoms. The van der Waals surface area contributed by atoms with E-state index >= 15 is 0 Å². The highest BCUT2D eigenvalue weighted by Gasteiger charge is 2.08. The Labute approximate surface area is 148 Å². The molecular formula is C20H24N2O3. The number of allylic oxidation sites excluding steroid dienone is 1. The Morgan fingerprint density at radius 2 is 1.92 bits per heavy atom. The fraction of sp³-hybridized carbons (Fsp3) is 0.300. The third-order valence-corrected chi connectivity index (χ3v) is 3.69. The molecule has 5 heteroatoms. The molecule has 0 bridgehead atoms. The molecule has 2 rings (SSSR count). The van der Waals surface area contributed by atoms with Crippen molar-refractivity contribution in [2.75, 3.05) is 7.11 Å². The van der Waals surface area contributed by atoms with Gasteiger partial charge in [-0.3, -0.25) is 9.78 Å². The van der Waals surface area contributed by atoms with E-state index in [1.54, 1.807) is 19.5 Å². The molecule has 1 heterocycles. The Morgan fingerprint density at radius 1 is 1.16 bits per heavy atom. The number of benzene rings is 1.